The van der Waals surface area contributed by atoms with Gasteiger partial charge in [-0.3, -0.25) is 0 Å². The van der Waals surface area contributed by atoms with E-state index in [1.165, 1.54) is 0 Å². The van der Waals surface area contributed by atoms with Crippen molar-refractivity contribution < 1.29 is 17.9 Å². The Labute approximate surface area is 120 Å². The van der Waals surface area contributed by atoms with Crippen LogP contribution in [0.4, 0.5) is 13.2 Å². The molecular weight excluding hydrogens is 267 g/mol. The van der Waals surface area contributed by atoms with Crippen molar-refractivity contribution in [1.29, 1.82) is 0 Å². The monoisotopic (exact) mass is 295 g/mol. The van der Waals surface area contributed by atoms with E-state index >= 15 is 0 Å². The summed E-state index contributed by atoms with van der Waals surface area (Å²) in [5.74, 6) is -0.693. The number of halogens is 3. The van der Waals surface area contributed by atoms with Gasteiger partial charge in [-0.15, -0.1) is 0 Å². The third kappa shape index (κ3) is 6.00. The lowest BCUT2D eigenvalue weighted by Gasteiger charge is -2.35. The minimum absolute atomic E-state index is 0.294. The van der Waals surface area contributed by atoms with Crippen molar-refractivity contribution in [3.63, 3.8) is 0 Å². The largest absolute Gasteiger partial charge is 0.391 e. The van der Waals surface area contributed by atoms with Crippen molar-refractivity contribution in [3.8, 4) is 0 Å². The molecule has 1 atom stereocenters. The van der Waals surface area contributed by atoms with Gasteiger partial charge in [0.25, 0.3) is 0 Å². The summed E-state index contributed by atoms with van der Waals surface area (Å²) in [7, 11) is 1.68. The molecule has 0 radical (unpaired) electrons. The number of rotatable bonds is 8. The molecule has 1 fully saturated rings. The Morgan fingerprint density at radius 2 is 1.85 bits per heavy atom. The van der Waals surface area contributed by atoms with Crippen LogP contribution in [0.2, 0.25) is 0 Å². The molecule has 0 spiro atoms. The summed E-state index contributed by atoms with van der Waals surface area (Å²) in [6, 6.07) is 0.347. The molecule has 0 heterocycles. The van der Waals surface area contributed by atoms with Crippen LogP contribution >= 0.6 is 0 Å². The highest BCUT2D eigenvalue weighted by Crippen LogP contribution is 2.40. The third-order valence-electron chi connectivity index (χ3n) is 4.32. The van der Waals surface area contributed by atoms with E-state index in [0.717, 1.165) is 32.4 Å². The Kier molecular flexibility index (Phi) is 7.88. The van der Waals surface area contributed by atoms with E-state index in [1.807, 2.05) is 0 Å². The molecule has 0 aromatic rings. The second kappa shape index (κ2) is 8.88. The SMILES string of the molecule is CCCNC(CCCOC)C1CCC(C(F)(F)F)CC1. The van der Waals surface area contributed by atoms with Gasteiger partial charge in [0.2, 0.25) is 0 Å². The first-order valence-electron chi connectivity index (χ1n) is 7.78. The van der Waals surface area contributed by atoms with Gasteiger partial charge >= 0.3 is 6.18 Å². The lowest BCUT2D eigenvalue weighted by molar-refractivity contribution is -0.184. The smallest absolute Gasteiger partial charge is 0.385 e. The molecule has 20 heavy (non-hydrogen) atoms. The van der Waals surface area contributed by atoms with Crippen LogP contribution in [0.3, 0.4) is 0 Å². The molecule has 0 saturated heterocycles. The molecule has 0 bridgehead atoms. The first kappa shape index (κ1) is 17.8. The lowest BCUT2D eigenvalue weighted by Crippen LogP contribution is -2.40. The van der Waals surface area contributed by atoms with Crippen LogP contribution in [0.1, 0.15) is 51.9 Å². The van der Waals surface area contributed by atoms with Gasteiger partial charge in [0.05, 0.1) is 5.92 Å². The van der Waals surface area contributed by atoms with E-state index in [1.54, 1.807) is 7.11 Å². The zero-order valence-electron chi connectivity index (χ0n) is 12.6. The van der Waals surface area contributed by atoms with Crippen LogP contribution in [0.25, 0.3) is 0 Å². The molecule has 120 valence electrons. The highest BCUT2D eigenvalue weighted by Gasteiger charge is 2.42. The van der Waals surface area contributed by atoms with Crippen LogP contribution in [-0.4, -0.2) is 32.5 Å². The molecule has 1 N–H and O–H groups in total. The first-order valence-corrected chi connectivity index (χ1v) is 7.78. The highest BCUT2D eigenvalue weighted by molar-refractivity contribution is 4.84. The maximum absolute atomic E-state index is 12.7. The van der Waals surface area contributed by atoms with Crippen LogP contribution < -0.4 is 5.32 Å². The van der Waals surface area contributed by atoms with E-state index in [-0.39, 0.29) is 0 Å². The van der Waals surface area contributed by atoms with Crippen molar-refractivity contribution in [3.05, 3.63) is 0 Å². The zero-order valence-corrected chi connectivity index (χ0v) is 12.6. The fourth-order valence-electron chi connectivity index (χ4n) is 3.13. The minimum atomic E-state index is -4.01. The molecular formula is C15H28F3NO. The quantitative estimate of drug-likeness (QED) is 0.679. The average Bonchev–Trinajstić information content (AvgIpc) is 2.42. The Balaban J connectivity index is 2.42. The lowest BCUT2D eigenvalue weighted by atomic mass is 9.77. The van der Waals surface area contributed by atoms with E-state index in [9.17, 15) is 13.2 Å². The Bertz CT molecular complexity index is 250. The number of methoxy groups -OCH3 is 1. The summed E-state index contributed by atoms with van der Waals surface area (Å²) in [4.78, 5) is 0. The molecule has 1 saturated carbocycles. The van der Waals surface area contributed by atoms with Crippen molar-refractivity contribution in [2.75, 3.05) is 20.3 Å². The van der Waals surface area contributed by atoms with Crippen LogP contribution in [0.5, 0.6) is 0 Å². The van der Waals surface area contributed by atoms with E-state index in [4.69, 9.17) is 4.74 Å². The van der Waals surface area contributed by atoms with E-state index in [2.05, 4.69) is 12.2 Å². The predicted molar refractivity (Wildman–Crippen MR) is 74.7 cm³/mol. The fraction of sp³-hybridized carbons (Fsp3) is 1.00. The van der Waals surface area contributed by atoms with Gasteiger partial charge in [0, 0.05) is 19.8 Å². The summed E-state index contributed by atoms with van der Waals surface area (Å²) >= 11 is 0. The summed E-state index contributed by atoms with van der Waals surface area (Å²) in [5, 5.41) is 3.51. The topological polar surface area (TPSA) is 21.3 Å². The van der Waals surface area contributed by atoms with Crippen LogP contribution in [0.15, 0.2) is 0 Å². The summed E-state index contributed by atoms with van der Waals surface area (Å²) in [6.45, 7) is 3.78. The van der Waals surface area contributed by atoms with Gasteiger partial charge in [-0.05, 0) is 57.4 Å². The van der Waals surface area contributed by atoms with Crippen molar-refractivity contribution in [2.24, 2.45) is 11.8 Å². The number of hydrogen-bond donors (Lipinski definition) is 1. The zero-order chi connectivity index (χ0) is 15.0. The summed E-state index contributed by atoms with van der Waals surface area (Å²) < 4.78 is 43.1. The molecule has 0 aliphatic heterocycles. The molecule has 1 unspecified atom stereocenters. The number of hydrogen-bond acceptors (Lipinski definition) is 2. The van der Waals surface area contributed by atoms with Crippen LogP contribution in [-0.2, 0) is 4.74 Å². The molecule has 1 aliphatic rings. The average molecular weight is 295 g/mol. The van der Waals surface area contributed by atoms with E-state index in [0.29, 0.717) is 37.6 Å². The van der Waals surface area contributed by atoms with Gasteiger partial charge in [-0.2, -0.15) is 13.2 Å². The van der Waals surface area contributed by atoms with Crippen molar-refractivity contribution in [1.82, 2.24) is 5.32 Å². The van der Waals surface area contributed by atoms with Gasteiger partial charge in [-0.25, -0.2) is 0 Å². The number of alkyl halides is 3. The summed E-state index contributed by atoms with van der Waals surface area (Å²) in [5.41, 5.74) is 0. The maximum atomic E-state index is 12.7. The summed E-state index contributed by atoms with van der Waals surface area (Å²) in [6.07, 6.45) is 0.987. The molecule has 5 heteroatoms. The molecule has 2 nitrogen and oxygen atoms in total. The maximum Gasteiger partial charge on any atom is 0.391 e. The third-order valence-corrected chi connectivity index (χ3v) is 4.32. The molecule has 1 rings (SSSR count). The van der Waals surface area contributed by atoms with Gasteiger partial charge < -0.3 is 10.1 Å². The highest BCUT2D eigenvalue weighted by atomic mass is 19.4. The Hall–Kier alpha value is -0.290. The Morgan fingerprint density at radius 1 is 1.20 bits per heavy atom. The van der Waals surface area contributed by atoms with Gasteiger partial charge in [0.1, 0.15) is 0 Å². The minimum Gasteiger partial charge on any atom is -0.385 e. The van der Waals surface area contributed by atoms with Crippen molar-refractivity contribution in [2.45, 2.75) is 64.1 Å². The molecule has 1 aliphatic carbocycles. The van der Waals surface area contributed by atoms with Crippen molar-refractivity contribution >= 4 is 0 Å². The van der Waals surface area contributed by atoms with Gasteiger partial charge in [0.15, 0.2) is 0 Å². The molecule has 0 amide bonds. The first-order chi connectivity index (χ1) is 9.49. The number of ether oxygens (including phenoxy) is 1. The molecule has 0 aromatic carbocycles. The normalized spacial score (nSPS) is 25.6. The Morgan fingerprint density at radius 3 is 2.35 bits per heavy atom. The second-order valence-electron chi connectivity index (χ2n) is 5.85. The fourth-order valence-corrected chi connectivity index (χ4v) is 3.13. The molecule has 0 aromatic heterocycles. The predicted octanol–water partition coefficient (Wildman–Crippen LogP) is 4.15. The van der Waals surface area contributed by atoms with Crippen LogP contribution in [0, 0.1) is 11.8 Å². The number of nitrogens with one attached hydrogen (secondary N) is 1. The standard InChI is InChI=1S/C15H28F3NO/c1-3-10-19-14(5-4-11-20-2)12-6-8-13(9-7-12)15(16,17)18/h12-14,19H,3-11H2,1-2H3. The van der Waals surface area contributed by atoms with E-state index < -0.39 is 12.1 Å². The van der Waals surface area contributed by atoms with Gasteiger partial charge in [-0.1, -0.05) is 6.92 Å². The second-order valence-corrected chi connectivity index (χ2v) is 5.85.